The molecule has 0 spiro atoms. The number of hydrogen-bond donors (Lipinski definition) is 1. The summed E-state index contributed by atoms with van der Waals surface area (Å²) in [5.41, 5.74) is 0.967. The molecule has 1 N–H and O–H groups in total. The lowest BCUT2D eigenvalue weighted by molar-refractivity contribution is -0.132. The van der Waals surface area contributed by atoms with E-state index in [0.717, 1.165) is 18.6 Å². The Hall–Kier alpha value is -2.39. The molecule has 1 atom stereocenters. The summed E-state index contributed by atoms with van der Waals surface area (Å²) in [6.07, 6.45) is 2.10. The molecule has 1 amide bonds. The zero-order chi connectivity index (χ0) is 23.5. The predicted molar refractivity (Wildman–Crippen MR) is 133 cm³/mol. The van der Waals surface area contributed by atoms with E-state index < -0.39 is 17.7 Å². The molecule has 1 aliphatic heterocycles. The number of aliphatic hydroxyl groups excluding tert-OH is 1. The molecule has 1 saturated heterocycles. The van der Waals surface area contributed by atoms with Crippen molar-refractivity contribution in [2.75, 3.05) is 10.7 Å². The van der Waals surface area contributed by atoms with Crippen LogP contribution in [0.3, 0.4) is 0 Å². The fourth-order valence-electron chi connectivity index (χ4n) is 3.42. The molecule has 1 aromatic heterocycles. The maximum Gasteiger partial charge on any atom is 0.301 e. The fraction of sp³-hybridized carbons (Fsp3) is 0.217. The SMILES string of the molecule is CCCCSc1nnc(N2C(=O)C(=O)/C(=C(/O)c3ccc(Cl)cc3)[C@@H]2c2ccc(Cl)cc2)s1. The third kappa shape index (κ3) is 4.94. The number of benzene rings is 2. The van der Waals surface area contributed by atoms with E-state index in [4.69, 9.17) is 23.2 Å². The van der Waals surface area contributed by atoms with Gasteiger partial charge in [0.05, 0.1) is 11.6 Å². The van der Waals surface area contributed by atoms with Gasteiger partial charge in [-0.25, -0.2) is 0 Å². The van der Waals surface area contributed by atoms with Crippen LogP contribution in [0.2, 0.25) is 10.0 Å². The molecule has 1 aliphatic rings. The van der Waals surface area contributed by atoms with Gasteiger partial charge in [0.25, 0.3) is 5.78 Å². The Morgan fingerprint density at radius 3 is 2.33 bits per heavy atom. The Morgan fingerprint density at radius 1 is 1.06 bits per heavy atom. The molecule has 2 aromatic carbocycles. The summed E-state index contributed by atoms with van der Waals surface area (Å²) in [4.78, 5) is 27.6. The van der Waals surface area contributed by atoms with Crippen molar-refractivity contribution in [2.45, 2.75) is 30.1 Å². The first-order chi connectivity index (χ1) is 15.9. The van der Waals surface area contributed by atoms with Crippen LogP contribution in [0.15, 0.2) is 58.4 Å². The van der Waals surface area contributed by atoms with E-state index in [-0.39, 0.29) is 11.3 Å². The molecule has 0 bridgehead atoms. The molecule has 0 saturated carbocycles. The Labute approximate surface area is 209 Å². The van der Waals surface area contributed by atoms with Crippen molar-refractivity contribution in [3.63, 3.8) is 0 Å². The van der Waals surface area contributed by atoms with E-state index in [2.05, 4.69) is 17.1 Å². The van der Waals surface area contributed by atoms with Crippen molar-refractivity contribution in [3.05, 3.63) is 75.3 Å². The minimum atomic E-state index is -0.876. The molecule has 10 heteroatoms. The highest BCUT2D eigenvalue weighted by Gasteiger charge is 2.48. The Balaban J connectivity index is 1.81. The monoisotopic (exact) mass is 519 g/mol. The number of rotatable bonds is 7. The van der Waals surface area contributed by atoms with Crippen LogP contribution in [-0.4, -0.2) is 32.7 Å². The number of carbonyl (C=O) groups is 2. The van der Waals surface area contributed by atoms with E-state index in [1.54, 1.807) is 60.3 Å². The average molecular weight is 520 g/mol. The van der Waals surface area contributed by atoms with Crippen LogP contribution in [0.1, 0.15) is 36.9 Å². The normalized spacial score (nSPS) is 17.7. The molecule has 6 nitrogen and oxygen atoms in total. The van der Waals surface area contributed by atoms with Gasteiger partial charge in [-0.3, -0.25) is 14.5 Å². The number of ketones is 1. The van der Waals surface area contributed by atoms with E-state index in [1.807, 2.05) is 0 Å². The van der Waals surface area contributed by atoms with Crippen molar-refractivity contribution >= 4 is 68.9 Å². The summed E-state index contributed by atoms with van der Waals surface area (Å²) >= 11 is 14.8. The summed E-state index contributed by atoms with van der Waals surface area (Å²) in [6.45, 7) is 2.11. The summed E-state index contributed by atoms with van der Waals surface area (Å²) in [6, 6.07) is 12.3. The largest absolute Gasteiger partial charge is 0.507 e. The standard InChI is InChI=1S/C23H19Cl2N3O3S2/c1-2-3-12-32-23-27-26-22(33-23)28-18(13-4-8-15(24)9-5-13)17(20(30)21(28)31)19(29)14-6-10-16(25)11-7-14/h4-11,18,29H,2-3,12H2,1H3/b19-17+/t18-/m0/s1. The van der Waals surface area contributed by atoms with Crippen LogP contribution >= 0.6 is 46.3 Å². The van der Waals surface area contributed by atoms with Gasteiger partial charge in [-0.2, -0.15) is 0 Å². The van der Waals surface area contributed by atoms with Crippen LogP contribution in [0.25, 0.3) is 5.76 Å². The number of halogens is 2. The number of anilines is 1. The molecule has 1 fully saturated rings. The van der Waals surface area contributed by atoms with Crippen LogP contribution in [0.5, 0.6) is 0 Å². The third-order valence-corrected chi connectivity index (χ3v) is 7.72. The van der Waals surface area contributed by atoms with Crippen LogP contribution in [-0.2, 0) is 9.59 Å². The zero-order valence-electron chi connectivity index (χ0n) is 17.5. The maximum atomic E-state index is 13.1. The minimum Gasteiger partial charge on any atom is -0.507 e. The molecule has 33 heavy (non-hydrogen) atoms. The third-order valence-electron chi connectivity index (χ3n) is 5.07. The Morgan fingerprint density at radius 2 is 1.70 bits per heavy atom. The quantitative estimate of drug-likeness (QED) is 0.0975. The van der Waals surface area contributed by atoms with Gasteiger partial charge in [0.1, 0.15) is 5.76 Å². The van der Waals surface area contributed by atoms with Crippen molar-refractivity contribution in [2.24, 2.45) is 0 Å². The number of thioether (sulfide) groups is 1. The first kappa shape index (κ1) is 23.8. The molecule has 0 aliphatic carbocycles. The molecule has 2 heterocycles. The van der Waals surface area contributed by atoms with Crippen LogP contribution in [0.4, 0.5) is 5.13 Å². The van der Waals surface area contributed by atoms with Gasteiger partial charge in [0, 0.05) is 21.4 Å². The predicted octanol–water partition coefficient (Wildman–Crippen LogP) is 6.36. The van der Waals surface area contributed by atoms with Gasteiger partial charge >= 0.3 is 5.91 Å². The van der Waals surface area contributed by atoms with Gasteiger partial charge in [0.15, 0.2) is 4.34 Å². The van der Waals surface area contributed by atoms with Crippen LogP contribution < -0.4 is 4.90 Å². The second kappa shape index (κ2) is 10.3. The highest BCUT2D eigenvalue weighted by Crippen LogP contribution is 2.44. The molecule has 170 valence electrons. The number of amides is 1. The first-order valence-corrected chi connectivity index (χ1v) is 12.7. The van der Waals surface area contributed by atoms with Gasteiger partial charge in [-0.15, -0.1) is 10.2 Å². The average Bonchev–Trinajstić information content (AvgIpc) is 3.37. The maximum absolute atomic E-state index is 13.1. The highest BCUT2D eigenvalue weighted by molar-refractivity contribution is 8.01. The lowest BCUT2D eigenvalue weighted by Gasteiger charge is -2.22. The lowest BCUT2D eigenvalue weighted by Crippen LogP contribution is -2.29. The van der Waals surface area contributed by atoms with Crippen LogP contribution in [0, 0.1) is 0 Å². The Bertz CT molecular complexity index is 1210. The zero-order valence-corrected chi connectivity index (χ0v) is 20.6. The molecular formula is C23H19Cl2N3O3S2. The van der Waals surface area contributed by atoms with Gasteiger partial charge in [0.2, 0.25) is 5.13 Å². The lowest BCUT2D eigenvalue weighted by atomic mass is 9.95. The van der Waals surface area contributed by atoms with E-state index in [9.17, 15) is 14.7 Å². The van der Waals surface area contributed by atoms with Crippen molar-refractivity contribution in [1.29, 1.82) is 0 Å². The van der Waals surface area contributed by atoms with Crippen molar-refractivity contribution in [3.8, 4) is 0 Å². The number of aliphatic hydroxyl groups is 1. The van der Waals surface area contributed by atoms with Gasteiger partial charge in [-0.1, -0.05) is 71.8 Å². The fourth-order valence-corrected chi connectivity index (χ4v) is 5.69. The van der Waals surface area contributed by atoms with Gasteiger partial charge in [-0.05, 0) is 48.4 Å². The minimum absolute atomic E-state index is 0.0277. The second-order valence-corrected chi connectivity index (χ2v) is 10.5. The molecular weight excluding hydrogens is 501 g/mol. The summed E-state index contributed by atoms with van der Waals surface area (Å²) in [7, 11) is 0. The number of unbranched alkanes of at least 4 members (excludes halogenated alkanes) is 1. The molecule has 0 radical (unpaired) electrons. The number of carbonyl (C=O) groups excluding carboxylic acids is 2. The molecule has 3 aromatic rings. The summed E-state index contributed by atoms with van der Waals surface area (Å²) < 4.78 is 0.716. The van der Waals surface area contributed by atoms with E-state index >= 15 is 0 Å². The van der Waals surface area contributed by atoms with Crippen molar-refractivity contribution in [1.82, 2.24) is 10.2 Å². The summed E-state index contributed by atoms with van der Waals surface area (Å²) in [5, 5.41) is 20.7. The number of aromatic nitrogens is 2. The van der Waals surface area contributed by atoms with Gasteiger partial charge < -0.3 is 5.11 Å². The second-order valence-electron chi connectivity index (χ2n) is 7.28. The number of Topliss-reactive ketones (excluding diaryl/α,β-unsaturated/α-hetero) is 1. The summed E-state index contributed by atoms with van der Waals surface area (Å²) in [5.74, 6) is -0.958. The smallest absolute Gasteiger partial charge is 0.301 e. The van der Waals surface area contributed by atoms with E-state index in [1.165, 1.54) is 16.2 Å². The highest BCUT2D eigenvalue weighted by atomic mass is 35.5. The van der Waals surface area contributed by atoms with E-state index in [0.29, 0.717) is 30.6 Å². The molecule has 4 rings (SSSR count). The number of nitrogens with zero attached hydrogens (tertiary/aromatic N) is 3. The van der Waals surface area contributed by atoms with Crippen molar-refractivity contribution < 1.29 is 14.7 Å². The topological polar surface area (TPSA) is 83.4 Å². The number of hydrogen-bond acceptors (Lipinski definition) is 7. The Kier molecular flexibility index (Phi) is 7.38. The molecule has 0 unspecified atom stereocenters. The first-order valence-electron chi connectivity index (χ1n) is 10.2.